The molecular weight excluding hydrogens is 282 g/mol. The van der Waals surface area contributed by atoms with E-state index in [0.29, 0.717) is 10.9 Å². The van der Waals surface area contributed by atoms with Crippen LogP contribution in [-0.4, -0.2) is 21.6 Å². The van der Waals surface area contributed by atoms with E-state index >= 15 is 0 Å². The van der Waals surface area contributed by atoms with E-state index in [1.165, 1.54) is 4.57 Å². The summed E-state index contributed by atoms with van der Waals surface area (Å²) in [6, 6.07) is 8.58. The van der Waals surface area contributed by atoms with Crippen molar-refractivity contribution in [1.82, 2.24) is 9.88 Å². The van der Waals surface area contributed by atoms with Gasteiger partial charge in [-0.25, -0.2) is 0 Å². The van der Waals surface area contributed by atoms with Crippen LogP contribution in [0.1, 0.15) is 30.6 Å². The number of hydrogen-bond donors (Lipinski definition) is 2. The number of para-hydroxylation sites is 1. The van der Waals surface area contributed by atoms with Crippen LogP contribution >= 0.6 is 0 Å². The molecule has 6 nitrogen and oxygen atoms in total. The smallest absolute Gasteiger partial charge is 0.267 e. The number of fused-ring (bicyclic) bond motifs is 1. The van der Waals surface area contributed by atoms with Crippen LogP contribution in [0.3, 0.4) is 0 Å². The normalized spacial score (nSPS) is 10.6. The van der Waals surface area contributed by atoms with Gasteiger partial charge in [0.25, 0.3) is 11.5 Å². The number of carbonyl (C=O) groups excluding carboxylic acids is 1. The van der Waals surface area contributed by atoms with Crippen LogP contribution in [0.25, 0.3) is 10.9 Å². The second-order valence-electron chi connectivity index (χ2n) is 5.23. The molecule has 2 aromatic rings. The van der Waals surface area contributed by atoms with Crippen molar-refractivity contribution in [3.8, 4) is 11.8 Å². The Hall–Kier alpha value is -2.81. The Balaban J connectivity index is 2.74. The van der Waals surface area contributed by atoms with Crippen LogP contribution in [-0.2, 0) is 6.54 Å². The van der Waals surface area contributed by atoms with Crippen molar-refractivity contribution < 1.29 is 9.90 Å². The predicted molar refractivity (Wildman–Crippen MR) is 82.7 cm³/mol. The molecule has 1 aromatic carbocycles. The van der Waals surface area contributed by atoms with Gasteiger partial charge >= 0.3 is 0 Å². The lowest BCUT2D eigenvalue weighted by Crippen LogP contribution is -2.36. The van der Waals surface area contributed by atoms with Gasteiger partial charge in [-0.3, -0.25) is 9.59 Å². The van der Waals surface area contributed by atoms with E-state index in [4.69, 9.17) is 5.26 Å². The molecule has 1 aromatic heterocycles. The number of pyridine rings is 1. The Morgan fingerprint density at radius 1 is 1.41 bits per heavy atom. The van der Waals surface area contributed by atoms with Crippen molar-refractivity contribution in [2.75, 3.05) is 0 Å². The van der Waals surface area contributed by atoms with E-state index < -0.39 is 11.5 Å². The van der Waals surface area contributed by atoms with Crippen LogP contribution in [0.2, 0.25) is 0 Å². The molecule has 0 unspecified atom stereocenters. The molecule has 0 aliphatic rings. The minimum Gasteiger partial charge on any atom is -0.506 e. The molecule has 114 valence electrons. The maximum Gasteiger partial charge on any atom is 0.267 e. The molecule has 0 aliphatic carbocycles. The molecule has 0 bridgehead atoms. The summed E-state index contributed by atoms with van der Waals surface area (Å²) in [5.41, 5.74) is -0.378. The number of aryl methyl sites for hydroxylation is 1. The summed E-state index contributed by atoms with van der Waals surface area (Å²) in [7, 11) is 0. The summed E-state index contributed by atoms with van der Waals surface area (Å²) in [4.78, 5) is 24.8. The highest BCUT2D eigenvalue weighted by Gasteiger charge is 2.22. The molecule has 2 N–H and O–H groups in total. The van der Waals surface area contributed by atoms with Crippen molar-refractivity contribution in [1.29, 1.82) is 5.26 Å². The average Bonchev–Trinajstić information content (AvgIpc) is 2.46. The summed E-state index contributed by atoms with van der Waals surface area (Å²) in [5.74, 6) is -0.944. The highest BCUT2D eigenvalue weighted by molar-refractivity contribution is 6.02. The maximum absolute atomic E-state index is 12.6. The molecule has 1 amide bonds. The average molecular weight is 299 g/mol. The fraction of sp³-hybridized carbons (Fsp3) is 0.312. The van der Waals surface area contributed by atoms with Gasteiger partial charge in [-0.2, -0.15) is 5.26 Å². The van der Waals surface area contributed by atoms with Crippen molar-refractivity contribution in [3.63, 3.8) is 0 Å². The van der Waals surface area contributed by atoms with Gasteiger partial charge in [0.05, 0.1) is 18.0 Å². The van der Waals surface area contributed by atoms with E-state index in [2.05, 4.69) is 5.32 Å². The topological polar surface area (TPSA) is 95.1 Å². The van der Waals surface area contributed by atoms with Crippen LogP contribution in [0.4, 0.5) is 0 Å². The molecule has 1 heterocycles. The van der Waals surface area contributed by atoms with E-state index in [0.717, 1.165) is 0 Å². The van der Waals surface area contributed by atoms with Crippen LogP contribution in [0.15, 0.2) is 29.1 Å². The molecule has 0 fully saturated rings. The van der Waals surface area contributed by atoms with Gasteiger partial charge in [0.15, 0.2) is 0 Å². The number of nitriles is 1. The molecular formula is C16H17N3O3. The zero-order chi connectivity index (χ0) is 16.3. The summed E-state index contributed by atoms with van der Waals surface area (Å²) in [5, 5.41) is 22.1. The largest absolute Gasteiger partial charge is 0.506 e. The van der Waals surface area contributed by atoms with E-state index in [1.807, 2.05) is 6.07 Å². The number of aromatic hydroxyl groups is 1. The first kappa shape index (κ1) is 15.6. The zero-order valence-electron chi connectivity index (χ0n) is 12.5. The molecule has 22 heavy (non-hydrogen) atoms. The minimum atomic E-state index is -0.617. The Kier molecular flexibility index (Phi) is 4.47. The lowest BCUT2D eigenvalue weighted by Gasteiger charge is -2.15. The van der Waals surface area contributed by atoms with Gasteiger partial charge in [0, 0.05) is 18.0 Å². The molecule has 6 heteroatoms. The third kappa shape index (κ3) is 2.79. The predicted octanol–water partition coefficient (Wildman–Crippen LogP) is 1.76. The summed E-state index contributed by atoms with van der Waals surface area (Å²) in [6.07, 6.45) is 0.139. The standard InChI is InChI=1S/C16H17N3O3/c1-10(2)18-15(21)13-14(20)11-6-3-4-7-12(11)19(16(13)22)9-5-8-17/h3-4,6-7,10,20H,5,9H2,1-2H3,(H,18,21). The van der Waals surface area contributed by atoms with E-state index in [1.54, 1.807) is 38.1 Å². The quantitative estimate of drug-likeness (QED) is 0.899. The third-order valence-electron chi connectivity index (χ3n) is 3.24. The second kappa shape index (κ2) is 6.31. The van der Waals surface area contributed by atoms with Crippen LogP contribution in [0.5, 0.6) is 5.75 Å². The van der Waals surface area contributed by atoms with Gasteiger partial charge in [0.1, 0.15) is 11.3 Å². The fourth-order valence-corrected chi connectivity index (χ4v) is 2.31. The number of hydrogen-bond acceptors (Lipinski definition) is 4. The molecule has 0 radical (unpaired) electrons. The van der Waals surface area contributed by atoms with Crippen LogP contribution < -0.4 is 10.9 Å². The number of carbonyl (C=O) groups is 1. The first-order chi connectivity index (χ1) is 10.5. The number of rotatable bonds is 4. The number of benzene rings is 1. The fourth-order valence-electron chi connectivity index (χ4n) is 2.31. The summed E-state index contributed by atoms with van der Waals surface area (Å²) >= 11 is 0. The minimum absolute atomic E-state index is 0.139. The van der Waals surface area contributed by atoms with Gasteiger partial charge in [0.2, 0.25) is 0 Å². The Morgan fingerprint density at radius 2 is 2.09 bits per heavy atom. The summed E-state index contributed by atoms with van der Waals surface area (Å²) < 4.78 is 1.35. The molecule has 2 rings (SSSR count). The van der Waals surface area contributed by atoms with Crippen molar-refractivity contribution in [2.45, 2.75) is 32.9 Å². The van der Waals surface area contributed by atoms with Crippen molar-refractivity contribution >= 4 is 16.8 Å². The summed E-state index contributed by atoms with van der Waals surface area (Å²) in [6.45, 7) is 3.70. The molecule has 0 saturated carbocycles. The number of nitrogens with zero attached hydrogens (tertiary/aromatic N) is 2. The molecule has 0 atom stereocenters. The lowest BCUT2D eigenvalue weighted by molar-refractivity contribution is 0.0938. The number of amides is 1. The monoisotopic (exact) mass is 299 g/mol. The molecule has 0 aliphatic heterocycles. The van der Waals surface area contributed by atoms with Gasteiger partial charge in [-0.15, -0.1) is 0 Å². The Bertz CT molecular complexity index is 816. The van der Waals surface area contributed by atoms with Gasteiger partial charge in [-0.05, 0) is 26.0 Å². The van der Waals surface area contributed by atoms with E-state index in [9.17, 15) is 14.7 Å². The van der Waals surface area contributed by atoms with Gasteiger partial charge < -0.3 is 15.0 Å². The number of aromatic nitrogens is 1. The highest BCUT2D eigenvalue weighted by Crippen LogP contribution is 2.26. The Labute approximate surface area is 127 Å². The molecule has 0 saturated heterocycles. The number of nitrogens with one attached hydrogen (secondary N) is 1. The third-order valence-corrected chi connectivity index (χ3v) is 3.24. The first-order valence-electron chi connectivity index (χ1n) is 6.99. The Morgan fingerprint density at radius 3 is 2.73 bits per heavy atom. The lowest BCUT2D eigenvalue weighted by atomic mass is 10.1. The van der Waals surface area contributed by atoms with Crippen molar-refractivity contribution in [3.05, 3.63) is 40.2 Å². The zero-order valence-corrected chi connectivity index (χ0v) is 12.5. The highest BCUT2D eigenvalue weighted by atomic mass is 16.3. The second-order valence-corrected chi connectivity index (χ2v) is 5.23. The molecule has 0 spiro atoms. The first-order valence-corrected chi connectivity index (χ1v) is 6.99. The maximum atomic E-state index is 12.6. The SMILES string of the molecule is CC(C)NC(=O)c1c(O)c2ccccc2n(CCC#N)c1=O. The van der Waals surface area contributed by atoms with Crippen molar-refractivity contribution in [2.24, 2.45) is 0 Å². The van der Waals surface area contributed by atoms with E-state index in [-0.39, 0.29) is 30.3 Å². The van der Waals surface area contributed by atoms with Gasteiger partial charge in [-0.1, -0.05) is 12.1 Å². The van der Waals surface area contributed by atoms with Crippen LogP contribution in [0, 0.1) is 11.3 Å².